The molecule has 0 aliphatic rings. The molecule has 0 atom stereocenters. The van der Waals surface area contributed by atoms with Gasteiger partial charge in [0.1, 0.15) is 0 Å². The summed E-state index contributed by atoms with van der Waals surface area (Å²) in [6.07, 6.45) is 0. The molecule has 8 nitrogen and oxygen atoms in total. The Balaban J connectivity index is 1.70. The summed E-state index contributed by atoms with van der Waals surface area (Å²) in [5.74, 6) is -0.641. The zero-order chi connectivity index (χ0) is 18.1. The van der Waals surface area contributed by atoms with Crippen LogP contribution in [0.2, 0.25) is 0 Å². The normalized spacial score (nSPS) is 9.92. The fraction of sp³-hybridized carbons (Fsp3) is 0.176. The second-order valence-electron chi connectivity index (χ2n) is 4.99. The van der Waals surface area contributed by atoms with Crippen LogP contribution in [0.5, 0.6) is 5.75 Å². The quantitative estimate of drug-likeness (QED) is 0.429. The van der Waals surface area contributed by atoms with Gasteiger partial charge in [0.25, 0.3) is 11.8 Å². The van der Waals surface area contributed by atoms with Gasteiger partial charge in [-0.1, -0.05) is 30.3 Å². The fourth-order valence-corrected chi connectivity index (χ4v) is 1.99. The van der Waals surface area contributed by atoms with Crippen molar-refractivity contribution in [2.24, 2.45) is 0 Å². The number of hydrogen-bond acceptors (Lipinski definition) is 5. The number of ether oxygens (including phenoxy) is 1. The maximum atomic E-state index is 11.8. The summed E-state index contributed by atoms with van der Waals surface area (Å²) in [4.78, 5) is 33.7. The Hall–Kier alpha value is -3.42. The molecule has 0 aliphatic heterocycles. The van der Waals surface area contributed by atoms with Crippen LogP contribution in [-0.4, -0.2) is 36.4 Å². The topological polar surface area (TPSA) is 111 Å². The number of nitrogens with zero attached hydrogens (tertiary/aromatic N) is 1. The number of nitrogens with one attached hydrogen (secondary N) is 2. The van der Waals surface area contributed by atoms with Crippen molar-refractivity contribution in [2.75, 3.05) is 19.7 Å². The van der Waals surface area contributed by atoms with Crippen molar-refractivity contribution >= 4 is 17.5 Å². The zero-order valence-electron chi connectivity index (χ0n) is 13.3. The van der Waals surface area contributed by atoms with Crippen LogP contribution in [0.3, 0.4) is 0 Å². The van der Waals surface area contributed by atoms with Crippen molar-refractivity contribution in [3.63, 3.8) is 0 Å². The summed E-state index contributed by atoms with van der Waals surface area (Å²) in [6, 6.07) is 14.5. The van der Waals surface area contributed by atoms with Crippen LogP contribution < -0.4 is 15.4 Å². The van der Waals surface area contributed by atoms with Gasteiger partial charge >= 0.3 is 5.69 Å². The molecule has 2 N–H and O–H groups in total. The largest absolute Gasteiger partial charge is 0.477 e. The molecule has 130 valence electrons. The van der Waals surface area contributed by atoms with Gasteiger partial charge in [0, 0.05) is 24.7 Å². The standard InChI is InChI=1S/C17H17N3O5/c21-16(12-25-15-9-5-4-8-14(15)20(23)24)18-10-11-19-17(22)13-6-2-1-3-7-13/h1-9H,10-12H2,(H,18,21)(H,19,22). The van der Waals surface area contributed by atoms with Gasteiger partial charge in [0.15, 0.2) is 12.4 Å². The van der Waals surface area contributed by atoms with Gasteiger partial charge in [-0.15, -0.1) is 0 Å². The van der Waals surface area contributed by atoms with Crippen LogP contribution in [0, 0.1) is 10.1 Å². The van der Waals surface area contributed by atoms with Crippen LogP contribution in [0.1, 0.15) is 10.4 Å². The molecule has 2 rings (SSSR count). The van der Waals surface area contributed by atoms with Gasteiger partial charge in [-0.25, -0.2) is 0 Å². The van der Waals surface area contributed by atoms with Crippen LogP contribution >= 0.6 is 0 Å². The molecule has 0 spiro atoms. The lowest BCUT2D eigenvalue weighted by atomic mass is 10.2. The number of nitro groups is 1. The van der Waals surface area contributed by atoms with Gasteiger partial charge in [-0.2, -0.15) is 0 Å². The number of para-hydroxylation sites is 2. The number of carbonyl (C=O) groups excluding carboxylic acids is 2. The maximum absolute atomic E-state index is 11.8. The lowest BCUT2D eigenvalue weighted by Crippen LogP contribution is -2.36. The van der Waals surface area contributed by atoms with E-state index in [0.29, 0.717) is 5.56 Å². The average molecular weight is 343 g/mol. The summed E-state index contributed by atoms with van der Waals surface area (Å²) < 4.78 is 5.17. The van der Waals surface area contributed by atoms with Crippen molar-refractivity contribution in [2.45, 2.75) is 0 Å². The minimum Gasteiger partial charge on any atom is -0.477 e. The molecule has 0 saturated carbocycles. The number of hydrogen-bond donors (Lipinski definition) is 2. The first-order valence-corrected chi connectivity index (χ1v) is 7.54. The maximum Gasteiger partial charge on any atom is 0.310 e. The molecule has 0 radical (unpaired) electrons. The first-order chi connectivity index (χ1) is 12.1. The Labute approximate surface area is 144 Å². The number of nitro benzene ring substituents is 1. The van der Waals surface area contributed by atoms with Crippen molar-refractivity contribution in [3.8, 4) is 5.75 Å². The highest BCUT2D eigenvalue weighted by atomic mass is 16.6. The van der Waals surface area contributed by atoms with E-state index < -0.39 is 10.8 Å². The first kappa shape index (κ1) is 17.9. The Morgan fingerprint density at radius 3 is 2.32 bits per heavy atom. The highest BCUT2D eigenvalue weighted by Crippen LogP contribution is 2.25. The molecular formula is C17H17N3O5. The summed E-state index contributed by atoms with van der Waals surface area (Å²) in [5.41, 5.74) is 0.332. The number of rotatable bonds is 8. The predicted molar refractivity (Wildman–Crippen MR) is 90.4 cm³/mol. The molecule has 0 aromatic heterocycles. The highest BCUT2D eigenvalue weighted by molar-refractivity contribution is 5.94. The summed E-state index contributed by atoms with van der Waals surface area (Å²) in [5, 5.41) is 16.1. The average Bonchev–Trinajstić information content (AvgIpc) is 2.64. The second-order valence-corrected chi connectivity index (χ2v) is 4.99. The van der Waals surface area contributed by atoms with E-state index in [0.717, 1.165) is 0 Å². The number of benzene rings is 2. The Bertz CT molecular complexity index is 749. The van der Waals surface area contributed by atoms with Crippen molar-refractivity contribution < 1.29 is 19.2 Å². The van der Waals surface area contributed by atoms with E-state index in [1.165, 1.54) is 18.2 Å². The highest BCUT2D eigenvalue weighted by Gasteiger charge is 2.14. The van der Waals surface area contributed by atoms with E-state index in [1.54, 1.807) is 30.3 Å². The van der Waals surface area contributed by atoms with E-state index >= 15 is 0 Å². The Morgan fingerprint density at radius 2 is 1.60 bits per heavy atom. The zero-order valence-corrected chi connectivity index (χ0v) is 13.3. The third-order valence-corrected chi connectivity index (χ3v) is 3.19. The number of carbonyl (C=O) groups is 2. The van der Waals surface area contributed by atoms with Crippen LogP contribution in [0.15, 0.2) is 54.6 Å². The van der Waals surface area contributed by atoms with E-state index in [2.05, 4.69) is 10.6 Å². The van der Waals surface area contributed by atoms with E-state index in [9.17, 15) is 19.7 Å². The van der Waals surface area contributed by atoms with Gasteiger partial charge in [-0.05, 0) is 18.2 Å². The molecule has 0 fully saturated rings. The summed E-state index contributed by atoms with van der Waals surface area (Å²) >= 11 is 0. The van der Waals surface area contributed by atoms with Crippen LogP contribution in [0.4, 0.5) is 5.69 Å². The smallest absolute Gasteiger partial charge is 0.310 e. The van der Waals surface area contributed by atoms with Crippen LogP contribution in [0.25, 0.3) is 0 Å². The summed E-state index contributed by atoms with van der Waals surface area (Å²) in [6.45, 7) is 0.125. The van der Waals surface area contributed by atoms with E-state index in [-0.39, 0.29) is 37.0 Å². The number of amides is 2. The van der Waals surface area contributed by atoms with Crippen LogP contribution in [-0.2, 0) is 4.79 Å². The second kappa shape index (κ2) is 9.02. The molecule has 0 saturated heterocycles. The SMILES string of the molecule is O=C(COc1ccccc1[N+](=O)[O-])NCCNC(=O)c1ccccc1. The van der Waals surface area contributed by atoms with E-state index in [1.807, 2.05) is 6.07 Å². The summed E-state index contributed by atoms with van der Waals surface area (Å²) in [7, 11) is 0. The molecule has 0 unspecified atom stereocenters. The van der Waals surface area contributed by atoms with Crippen molar-refractivity contribution in [1.82, 2.24) is 10.6 Å². The monoisotopic (exact) mass is 343 g/mol. The minimum absolute atomic E-state index is 0.0278. The lowest BCUT2D eigenvalue weighted by molar-refractivity contribution is -0.385. The molecule has 0 heterocycles. The fourth-order valence-electron chi connectivity index (χ4n) is 1.99. The Kier molecular flexibility index (Phi) is 6.47. The third kappa shape index (κ3) is 5.61. The Morgan fingerprint density at radius 1 is 0.960 bits per heavy atom. The molecular weight excluding hydrogens is 326 g/mol. The minimum atomic E-state index is -0.577. The molecule has 8 heteroatoms. The molecule has 2 amide bonds. The molecule has 0 bridgehead atoms. The molecule has 2 aromatic carbocycles. The molecule has 2 aromatic rings. The molecule has 25 heavy (non-hydrogen) atoms. The first-order valence-electron chi connectivity index (χ1n) is 7.54. The van der Waals surface area contributed by atoms with E-state index in [4.69, 9.17) is 4.74 Å². The third-order valence-electron chi connectivity index (χ3n) is 3.19. The lowest BCUT2D eigenvalue weighted by Gasteiger charge is -2.08. The van der Waals surface area contributed by atoms with Crippen molar-refractivity contribution in [3.05, 3.63) is 70.3 Å². The molecule has 0 aliphatic carbocycles. The predicted octanol–water partition coefficient (Wildman–Crippen LogP) is 1.52. The van der Waals surface area contributed by atoms with Gasteiger partial charge < -0.3 is 15.4 Å². The van der Waals surface area contributed by atoms with Gasteiger partial charge in [0.2, 0.25) is 0 Å². The van der Waals surface area contributed by atoms with Crippen molar-refractivity contribution in [1.29, 1.82) is 0 Å². The van der Waals surface area contributed by atoms with Gasteiger partial charge in [0.05, 0.1) is 4.92 Å². The van der Waals surface area contributed by atoms with Gasteiger partial charge in [-0.3, -0.25) is 19.7 Å².